The molecule has 5 rings (SSSR count). The molecule has 1 atom stereocenters. The second kappa shape index (κ2) is 10.4. The largest absolute Gasteiger partial charge is 0.507 e. The number of carbonyl (C=O) groups is 2. The Morgan fingerprint density at radius 1 is 0.925 bits per heavy atom. The summed E-state index contributed by atoms with van der Waals surface area (Å²) >= 11 is 6.38. The number of fused-ring (bicyclic) bond motifs is 1. The number of amides is 1. The molecule has 9 heteroatoms. The fourth-order valence-electron chi connectivity index (χ4n) is 4.95. The first kappa shape index (κ1) is 27.4. The van der Waals surface area contributed by atoms with Gasteiger partial charge in [-0.05, 0) is 34.7 Å². The average Bonchev–Trinajstić information content (AvgIpc) is 3.21. The van der Waals surface area contributed by atoms with Crippen LogP contribution in [0.5, 0.6) is 23.0 Å². The number of nitrogens with zero attached hydrogens (tertiary/aromatic N) is 1. The van der Waals surface area contributed by atoms with E-state index in [1.165, 1.54) is 31.3 Å². The van der Waals surface area contributed by atoms with Crippen LogP contribution in [0.4, 0.5) is 5.69 Å². The molecule has 0 saturated carbocycles. The number of halogens is 1. The predicted molar refractivity (Wildman–Crippen MR) is 152 cm³/mol. The van der Waals surface area contributed by atoms with Crippen LogP contribution in [0.3, 0.4) is 0 Å². The van der Waals surface area contributed by atoms with Crippen LogP contribution >= 0.6 is 11.6 Å². The van der Waals surface area contributed by atoms with Gasteiger partial charge in [0.2, 0.25) is 0 Å². The van der Waals surface area contributed by atoms with Crippen molar-refractivity contribution in [1.29, 1.82) is 0 Å². The Hall–Kier alpha value is -4.17. The molecule has 2 heterocycles. The Kier molecular flexibility index (Phi) is 7.14. The van der Waals surface area contributed by atoms with E-state index in [0.29, 0.717) is 41.7 Å². The highest BCUT2D eigenvalue weighted by molar-refractivity contribution is 6.51. The molecule has 0 spiro atoms. The molecule has 8 nitrogen and oxygen atoms in total. The van der Waals surface area contributed by atoms with Crippen molar-refractivity contribution in [2.45, 2.75) is 32.2 Å². The molecule has 1 fully saturated rings. The number of hydrogen-bond acceptors (Lipinski definition) is 7. The quantitative estimate of drug-likeness (QED) is 0.229. The number of ether oxygens (including phenoxy) is 4. The molecule has 0 radical (unpaired) electrons. The van der Waals surface area contributed by atoms with Crippen LogP contribution < -0.4 is 23.8 Å². The van der Waals surface area contributed by atoms with Crippen LogP contribution in [0, 0.1) is 0 Å². The smallest absolute Gasteiger partial charge is 0.300 e. The highest BCUT2D eigenvalue weighted by Crippen LogP contribution is 2.46. The van der Waals surface area contributed by atoms with Crippen LogP contribution in [0.2, 0.25) is 5.02 Å². The monoisotopic (exact) mass is 563 g/mol. The molecule has 3 aromatic carbocycles. The van der Waals surface area contributed by atoms with Crippen molar-refractivity contribution >= 4 is 34.7 Å². The molecule has 1 amide bonds. The van der Waals surface area contributed by atoms with Gasteiger partial charge in [-0.3, -0.25) is 14.5 Å². The lowest BCUT2D eigenvalue weighted by Gasteiger charge is -2.28. The number of anilines is 1. The number of aliphatic hydroxyl groups is 1. The van der Waals surface area contributed by atoms with E-state index in [4.69, 9.17) is 30.5 Å². The molecule has 1 unspecified atom stereocenters. The van der Waals surface area contributed by atoms with Crippen molar-refractivity contribution in [2.24, 2.45) is 0 Å². The maximum atomic E-state index is 13.6. The van der Waals surface area contributed by atoms with Gasteiger partial charge in [-0.15, -0.1) is 0 Å². The molecule has 3 aromatic rings. The van der Waals surface area contributed by atoms with E-state index in [0.717, 1.165) is 5.56 Å². The highest BCUT2D eigenvalue weighted by atomic mass is 35.5. The third kappa shape index (κ3) is 4.73. The van der Waals surface area contributed by atoms with Gasteiger partial charge >= 0.3 is 0 Å². The first-order valence-corrected chi connectivity index (χ1v) is 13.2. The number of Topliss-reactive ketones (excluding diaryl/α,β-unsaturated/α-hetero) is 1. The average molecular weight is 564 g/mol. The summed E-state index contributed by atoms with van der Waals surface area (Å²) in [6.45, 7) is 7.09. The lowest BCUT2D eigenvalue weighted by Crippen LogP contribution is -2.29. The lowest BCUT2D eigenvalue weighted by molar-refractivity contribution is -0.132. The summed E-state index contributed by atoms with van der Waals surface area (Å²) in [6.07, 6.45) is 0. The molecule has 0 bridgehead atoms. The highest BCUT2D eigenvalue weighted by Gasteiger charge is 2.47. The van der Waals surface area contributed by atoms with E-state index < -0.39 is 23.5 Å². The summed E-state index contributed by atoms with van der Waals surface area (Å²) in [6, 6.07) is 14.8. The van der Waals surface area contributed by atoms with Gasteiger partial charge in [-0.2, -0.15) is 0 Å². The summed E-state index contributed by atoms with van der Waals surface area (Å²) in [5.41, 5.74) is 2.10. The van der Waals surface area contributed by atoms with Crippen molar-refractivity contribution < 1.29 is 33.6 Å². The number of benzene rings is 3. The van der Waals surface area contributed by atoms with Crippen LogP contribution in [0.15, 0.2) is 60.2 Å². The maximum absolute atomic E-state index is 13.6. The zero-order valence-electron chi connectivity index (χ0n) is 22.9. The van der Waals surface area contributed by atoms with Gasteiger partial charge in [0.05, 0.1) is 36.4 Å². The van der Waals surface area contributed by atoms with Gasteiger partial charge in [-0.25, -0.2) is 0 Å². The second-order valence-corrected chi connectivity index (χ2v) is 11.0. The van der Waals surface area contributed by atoms with E-state index in [1.807, 2.05) is 24.3 Å². The van der Waals surface area contributed by atoms with E-state index in [-0.39, 0.29) is 27.3 Å². The number of hydrogen-bond donors (Lipinski definition) is 1. The number of carbonyl (C=O) groups excluding carboxylic acids is 2. The zero-order valence-corrected chi connectivity index (χ0v) is 23.7. The van der Waals surface area contributed by atoms with Gasteiger partial charge in [-0.1, -0.05) is 56.6 Å². The number of aliphatic hydroxyl groups excluding tert-OH is 1. The van der Waals surface area contributed by atoms with Crippen molar-refractivity contribution in [3.63, 3.8) is 0 Å². The number of ketones is 1. The molecular formula is C31H30ClNO7. The number of rotatable bonds is 5. The molecule has 1 saturated heterocycles. The molecule has 2 aliphatic heterocycles. The third-order valence-corrected chi connectivity index (χ3v) is 7.37. The second-order valence-electron chi connectivity index (χ2n) is 10.6. The summed E-state index contributed by atoms with van der Waals surface area (Å²) in [5, 5.41) is 11.8. The van der Waals surface area contributed by atoms with Gasteiger partial charge in [0, 0.05) is 17.8 Å². The predicted octanol–water partition coefficient (Wildman–Crippen LogP) is 6.05. The van der Waals surface area contributed by atoms with Crippen LogP contribution in [0.1, 0.15) is 43.5 Å². The molecule has 208 valence electrons. The molecule has 1 N–H and O–H groups in total. The molecule has 2 aliphatic rings. The summed E-state index contributed by atoms with van der Waals surface area (Å²) in [7, 11) is 2.89. The SMILES string of the molecule is COc1cc(OC)c(/C(O)=C2\C(=O)C(=O)N(c3ccc4c(c3)OCCO4)C2c2ccc(C(C)(C)C)cc2)cc1Cl. The molecule has 0 aliphatic carbocycles. The van der Waals surface area contributed by atoms with Crippen LogP contribution in [-0.2, 0) is 15.0 Å². The Morgan fingerprint density at radius 2 is 1.57 bits per heavy atom. The molecule has 40 heavy (non-hydrogen) atoms. The van der Waals surface area contributed by atoms with E-state index in [9.17, 15) is 14.7 Å². The minimum Gasteiger partial charge on any atom is -0.507 e. The van der Waals surface area contributed by atoms with Gasteiger partial charge < -0.3 is 24.1 Å². The first-order valence-electron chi connectivity index (χ1n) is 12.8. The summed E-state index contributed by atoms with van der Waals surface area (Å²) < 4.78 is 22.1. The third-order valence-electron chi connectivity index (χ3n) is 7.07. The fraction of sp³-hybridized carbons (Fsp3) is 0.290. The lowest BCUT2D eigenvalue weighted by atomic mass is 9.85. The summed E-state index contributed by atoms with van der Waals surface area (Å²) in [5.74, 6) is -0.462. The Labute approximate surface area is 237 Å². The Morgan fingerprint density at radius 3 is 2.20 bits per heavy atom. The van der Waals surface area contributed by atoms with Crippen molar-refractivity contribution in [2.75, 3.05) is 32.3 Å². The van der Waals surface area contributed by atoms with E-state index >= 15 is 0 Å². The van der Waals surface area contributed by atoms with E-state index in [1.54, 1.807) is 18.2 Å². The minimum atomic E-state index is -0.942. The normalized spacial score (nSPS) is 18.1. The topological polar surface area (TPSA) is 94.5 Å². The van der Waals surface area contributed by atoms with Crippen LogP contribution in [0.25, 0.3) is 5.76 Å². The first-order chi connectivity index (χ1) is 19.0. The van der Waals surface area contributed by atoms with Crippen molar-refractivity contribution in [3.05, 3.63) is 81.9 Å². The maximum Gasteiger partial charge on any atom is 0.300 e. The Bertz CT molecular complexity index is 1520. The zero-order chi connectivity index (χ0) is 28.8. The van der Waals surface area contributed by atoms with Crippen molar-refractivity contribution in [3.8, 4) is 23.0 Å². The molecule has 0 aromatic heterocycles. The summed E-state index contributed by atoms with van der Waals surface area (Å²) in [4.78, 5) is 28.7. The Balaban J connectivity index is 1.72. The van der Waals surface area contributed by atoms with Gasteiger partial charge in [0.1, 0.15) is 30.5 Å². The van der Waals surface area contributed by atoms with E-state index in [2.05, 4.69) is 20.8 Å². The standard InChI is InChI=1S/C31H30ClNO7/c1-31(2,3)18-8-6-17(7-9-18)27-26(28(34)20-15-21(32)24(38-5)16-23(20)37-4)29(35)30(36)33(27)19-10-11-22-25(14-19)40-13-12-39-22/h6-11,14-16,27,34H,12-13H2,1-5H3/b28-26+. The molecular weight excluding hydrogens is 534 g/mol. The van der Waals surface area contributed by atoms with Crippen molar-refractivity contribution in [1.82, 2.24) is 0 Å². The van der Waals surface area contributed by atoms with Gasteiger partial charge in [0.25, 0.3) is 11.7 Å². The fourth-order valence-corrected chi connectivity index (χ4v) is 5.19. The number of methoxy groups -OCH3 is 2. The van der Waals surface area contributed by atoms with Gasteiger partial charge in [0.15, 0.2) is 11.5 Å². The van der Waals surface area contributed by atoms with Crippen LogP contribution in [-0.4, -0.2) is 44.2 Å². The minimum absolute atomic E-state index is 0.0945.